The first-order chi connectivity index (χ1) is 9.19. The first-order valence-electron chi connectivity index (χ1n) is 7.14. The lowest BCUT2D eigenvalue weighted by molar-refractivity contribution is 0.112. The summed E-state index contributed by atoms with van der Waals surface area (Å²) in [6, 6.07) is 5.54. The van der Waals surface area contributed by atoms with Gasteiger partial charge in [-0.15, -0.1) is 0 Å². The Hall–Kier alpha value is -1.02. The number of halogens is 1. The molecule has 3 heteroatoms. The van der Waals surface area contributed by atoms with Crippen LogP contribution in [0.4, 0.5) is 5.69 Å². The zero-order chi connectivity index (χ0) is 13.4. The van der Waals surface area contributed by atoms with Crippen LogP contribution in [0.3, 0.4) is 0 Å². The maximum absolute atomic E-state index is 11.2. The highest BCUT2D eigenvalue weighted by Crippen LogP contribution is 2.48. The minimum absolute atomic E-state index is 0.676. The number of hydrogen-bond donors (Lipinski definition) is 0. The molecule has 2 saturated carbocycles. The molecule has 0 aromatic heterocycles. The Morgan fingerprint density at radius 3 is 2.84 bits per heavy atom. The highest BCUT2D eigenvalue weighted by molar-refractivity contribution is 6.33. The van der Waals surface area contributed by atoms with E-state index in [2.05, 4.69) is 11.9 Å². The van der Waals surface area contributed by atoms with Crippen molar-refractivity contribution in [2.75, 3.05) is 18.5 Å². The van der Waals surface area contributed by atoms with Gasteiger partial charge in [0.15, 0.2) is 6.29 Å². The van der Waals surface area contributed by atoms with E-state index in [1.165, 1.54) is 25.7 Å². The second kappa shape index (κ2) is 5.16. The number of aldehydes is 1. The second-order valence-corrected chi connectivity index (χ2v) is 6.52. The molecule has 1 aromatic rings. The first-order valence-corrected chi connectivity index (χ1v) is 7.51. The predicted octanol–water partition coefficient (Wildman–Crippen LogP) is 4.02. The van der Waals surface area contributed by atoms with E-state index in [1.54, 1.807) is 0 Å². The number of hydrogen-bond acceptors (Lipinski definition) is 2. The lowest BCUT2D eigenvalue weighted by Gasteiger charge is -2.29. The SMILES string of the molecule is CN(CC1CC2CCC1C2)c1c(Cl)cccc1C=O. The number of benzene rings is 1. The van der Waals surface area contributed by atoms with E-state index in [0.29, 0.717) is 10.6 Å². The number of anilines is 1. The number of para-hydroxylation sites is 1. The van der Waals surface area contributed by atoms with Crippen molar-refractivity contribution in [1.29, 1.82) is 0 Å². The van der Waals surface area contributed by atoms with E-state index < -0.39 is 0 Å². The van der Waals surface area contributed by atoms with Crippen molar-refractivity contribution in [1.82, 2.24) is 0 Å². The highest BCUT2D eigenvalue weighted by Gasteiger charge is 2.39. The molecule has 3 rings (SSSR count). The molecule has 0 N–H and O–H groups in total. The van der Waals surface area contributed by atoms with E-state index in [4.69, 9.17) is 11.6 Å². The average molecular weight is 278 g/mol. The summed E-state index contributed by atoms with van der Waals surface area (Å²) in [5.41, 5.74) is 1.58. The zero-order valence-corrected chi connectivity index (χ0v) is 12.1. The van der Waals surface area contributed by atoms with Crippen LogP contribution in [0, 0.1) is 17.8 Å². The van der Waals surface area contributed by atoms with E-state index >= 15 is 0 Å². The van der Waals surface area contributed by atoms with Gasteiger partial charge in [0, 0.05) is 19.2 Å². The summed E-state index contributed by atoms with van der Waals surface area (Å²) in [5.74, 6) is 2.63. The zero-order valence-electron chi connectivity index (χ0n) is 11.3. The van der Waals surface area contributed by atoms with Gasteiger partial charge in [-0.05, 0) is 49.1 Å². The molecule has 2 aliphatic carbocycles. The molecular formula is C16H20ClNO. The van der Waals surface area contributed by atoms with Crippen LogP contribution in [-0.4, -0.2) is 19.9 Å². The lowest BCUT2D eigenvalue weighted by atomic mass is 9.88. The molecule has 0 radical (unpaired) electrons. The topological polar surface area (TPSA) is 20.3 Å². The maximum atomic E-state index is 11.2. The Morgan fingerprint density at radius 2 is 2.21 bits per heavy atom. The predicted molar refractivity (Wildman–Crippen MR) is 79.0 cm³/mol. The van der Waals surface area contributed by atoms with Crippen LogP contribution in [0.2, 0.25) is 5.02 Å². The molecule has 2 aliphatic rings. The molecule has 19 heavy (non-hydrogen) atoms. The van der Waals surface area contributed by atoms with Crippen LogP contribution in [0.15, 0.2) is 18.2 Å². The number of carbonyl (C=O) groups excluding carboxylic acids is 1. The normalized spacial score (nSPS) is 28.6. The summed E-state index contributed by atoms with van der Waals surface area (Å²) < 4.78 is 0. The van der Waals surface area contributed by atoms with Gasteiger partial charge in [-0.2, -0.15) is 0 Å². The van der Waals surface area contributed by atoms with Crippen LogP contribution < -0.4 is 4.90 Å². The van der Waals surface area contributed by atoms with Crippen molar-refractivity contribution in [2.45, 2.75) is 25.7 Å². The van der Waals surface area contributed by atoms with Crippen LogP contribution in [-0.2, 0) is 0 Å². The Bertz CT molecular complexity index is 488. The van der Waals surface area contributed by atoms with Gasteiger partial charge in [0.2, 0.25) is 0 Å². The molecule has 0 saturated heterocycles. The van der Waals surface area contributed by atoms with Crippen molar-refractivity contribution >= 4 is 23.6 Å². The van der Waals surface area contributed by atoms with Gasteiger partial charge < -0.3 is 4.90 Å². The molecular weight excluding hydrogens is 258 g/mol. The molecule has 102 valence electrons. The van der Waals surface area contributed by atoms with Crippen molar-refractivity contribution in [3.8, 4) is 0 Å². The van der Waals surface area contributed by atoms with Crippen LogP contribution in [0.1, 0.15) is 36.0 Å². The molecule has 2 fully saturated rings. The van der Waals surface area contributed by atoms with Crippen molar-refractivity contribution in [3.63, 3.8) is 0 Å². The standard InChI is InChI=1S/C16H20ClNO/c1-18(9-14-8-11-5-6-12(14)7-11)16-13(10-19)3-2-4-15(16)17/h2-4,10-12,14H,5-9H2,1H3. The molecule has 0 amide bonds. The van der Waals surface area contributed by atoms with Gasteiger partial charge in [0.05, 0.1) is 10.7 Å². The largest absolute Gasteiger partial charge is 0.373 e. The van der Waals surface area contributed by atoms with Crippen LogP contribution in [0.25, 0.3) is 0 Å². The van der Waals surface area contributed by atoms with Crippen molar-refractivity contribution in [2.24, 2.45) is 17.8 Å². The molecule has 0 aliphatic heterocycles. The van der Waals surface area contributed by atoms with E-state index in [-0.39, 0.29) is 0 Å². The highest BCUT2D eigenvalue weighted by atomic mass is 35.5. The Balaban J connectivity index is 1.77. The van der Waals surface area contributed by atoms with Gasteiger partial charge in [0.25, 0.3) is 0 Å². The molecule has 3 unspecified atom stereocenters. The fourth-order valence-electron chi connectivity index (χ4n) is 4.07. The number of carbonyl (C=O) groups is 1. The van der Waals surface area contributed by atoms with E-state index in [0.717, 1.165) is 36.3 Å². The maximum Gasteiger partial charge on any atom is 0.152 e. The van der Waals surface area contributed by atoms with E-state index in [1.807, 2.05) is 18.2 Å². The van der Waals surface area contributed by atoms with Gasteiger partial charge in [-0.25, -0.2) is 0 Å². The van der Waals surface area contributed by atoms with Crippen LogP contribution in [0.5, 0.6) is 0 Å². The molecule has 0 heterocycles. The summed E-state index contributed by atoms with van der Waals surface area (Å²) in [6.07, 6.45) is 6.50. The Kier molecular flexibility index (Phi) is 3.53. The van der Waals surface area contributed by atoms with Crippen molar-refractivity contribution in [3.05, 3.63) is 28.8 Å². The molecule has 2 bridgehead atoms. The lowest BCUT2D eigenvalue weighted by Crippen LogP contribution is -2.29. The first kappa shape index (κ1) is 13.0. The van der Waals surface area contributed by atoms with Crippen LogP contribution >= 0.6 is 11.6 Å². The summed E-state index contributed by atoms with van der Waals surface area (Å²) in [5, 5.41) is 0.676. The molecule has 1 aromatic carbocycles. The second-order valence-electron chi connectivity index (χ2n) is 6.11. The third-order valence-corrected chi connectivity index (χ3v) is 5.22. The van der Waals surface area contributed by atoms with Gasteiger partial charge in [-0.1, -0.05) is 24.1 Å². The number of fused-ring (bicyclic) bond motifs is 2. The van der Waals surface area contributed by atoms with Gasteiger partial charge in [0.1, 0.15) is 0 Å². The minimum Gasteiger partial charge on any atom is -0.373 e. The smallest absolute Gasteiger partial charge is 0.152 e. The van der Waals surface area contributed by atoms with Gasteiger partial charge in [-0.3, -0.25) is 4.79 Å². The summed E-state index contributed by atoms with van der Waals surface area (Å²) in [4.78, 5) is 13.3. The van der Waals surface area contributed by atoms with E-state index in [9.17, 15) is 4.79 Å². The fraction of sp³-hybridized carbons (Fsp3) is 0.562. The van der Waals surface area contributed by atoms with Gasteiger partial charge >= 0.3 is 0 Å². The summed E-state index contributed by atoms with van der Waals surface area (Å²) in [6.45, 7) is 1.02. The Labute approximate surface area is 119 Å². The van der Waals surface area contributed by atoms with Crippen molar-refractivity contribution < 1.29 is 4.79 Å². The third kappa shape index (κ3) is 2.38. The average Bonchev–Trinajstić information content (AvgIpc) is 3.00. The Morgan fingerprint density at radius 1 is 1.37 bits per heavy atom. The summed E-state index contributed by atoms with van der Waals surface area (Å²) in [7, 11) is 2.06. The minimum atomic E-state index is 0.676. The number of nitrogens with zero attached hydrogens (tertiary/aromatic N) is 1. The quantitative estimate of drug-likeness (QED) is 0.775. The number of rotatable bonds is 4. The molecule has 0 spiro atoms. The molecule has 3 atom stereocenters. The summed E-state index contributed by atoms with van der Waals surface area (Å²) >= 11 is 6.27. The fourth-order valence-corrected chi connectivity index (χ4v) is 4.40. The molecule has 2 nitrogen and oxygen atoms in total. The third-order valence-electron chi connectivity index (χ3n) is 4.92. The monoisotopic (exact) mass is 277 g/mol.